The normalized spacial score (nSPS) is 22.3. The van der Waals surface area contributed by atoms with E-state index in [1.807, 2.05) is 0 Å². The zero-order valence-corrected chi connectivity index (χ0v) is 11.7. The fourth-order valence-electron chi connectivity index (χ4n) is 2.37. The van der Waals surface area contributed by atoms with E-state index >= 15 is 0 Å². The van der Waals surface area contributed by atoms with Crippen molar-refractivity contribution >= 4 is 5.91 Å². The number of carbonyl (C=O) groups is 1. The minimum Gasteiger partial charge on any atom is -0.369 e. The Morgan fingerprint density at radius 3 is 2.82 bits per heavy atom. The minimum absolute atomic E-state index is 0.0536. The summed E-state index contributed by atoms with van der Waals surface area (Å²) in [4.78, 5) is 22.8. The molecule has 2 atom stereocenters. The van der Waals surface area contributed by atoms with Crippen LogP contribution in [0, 0.1) is 0 Å². The van der Waals surface area contributed by atoms with Crippen molar-refractivity contribution in [1.82, 2.24) is 15.5 Å². The third-order valence-electron chi connectivity index (χ3n) is 3.36. The first-order valence-electron chi connectivity index (χ1n) is 6.88. The van der Waals surface area contributed by atoms with Crippen molar-refractivity contribution in [2.75, 3.05) is 6.61 Å². The highest BCUT2D eigenvalue weighted by Crippen LogP contribution is 2.24. The zero-order valence-electron chi connectivity index (χ0n) is 11.7. The molecule has 0 saturated heterocycles. The molecule has 1 aromatic heterocycles. The van der Waals surface area contributed by atoms with Gasteiger partial charge >= 0.3 is 6.18 Å². The SMILES string of the molecule is O=C(NC1CCCC(OCC(F)(F)F)C1)c1ccc(=O)[nH]n1. The average Bonchev–Trinajstić information content (AvgIpc) is 2.45. The molecule has 1 aromatic rings. The predicted molar refractivity (Wildman–Crippen MR) is 70.4 cm³/mol. The van der Waals surface area contributed by atoms with E-state index in [0.29, 0.717) is 25.7 Å². The number of hydrogen-bond donors (Lipinski definition) is 2. The Morgan fingerprint density at radius 1 is 1.41 bits per heavy atom. The Labute approximate surface area is 124 Å². The summed E-state index contributed by atoms with van der Waals surface area (Å²) in [6.07, 6.45) is -2.67. The number of nitrogens with one attached hydrogen (secondary N) is 2. The van der Waals surface area contributed by atoms with Crippen molar-refractivity contribution in [1.29, 1.82) is 0 Å². The molecular weight excluding hydrogens is 303 g/mol. The summed E-state index contributed by atoms with van der Waals surface area (Å²) in [6, 6.07) is 2.19. The van der Waals surface area contributed by atoms with E-state index in [9.17, 15) is 22.8 Å². The lowest BCUT2D eigenvalue weighted by atomic mass is 9.92. The largest absolute Gasteiger partial charge is 0.411 e. The van der Waals surface area contributed by atoms with Crippen molar-refractivity contribution in [2.45, 2.75) is 44.0 Å². The first-order chi connectivity index (χ1) is 10.3. The standard InChI is InChI=1S/C13H16F3N3O3/c14-13(15,16)7-22-9-3-1-2-8(6-9)17-12(21)10-4-5-11(20)19-18-10/h4-5,8-9H,1-3,6-7H2,(H,17,21)(H,19,20). The van der Waals surface area contributed by atoms with E-state index in [2.05, 4.69) is 15.5 Å². The molecule has 1 aliphatic carbocycles. The van der Waals surface area contributed by atoms with Crippen LogP contribution >= 0.6 is 0 Å². The van der Waals surface area contributed by atoms with Crippen LogP contribution < -0.4 is 10.9 Å². The fourth-order valence-corrected chi connectivity index (χ4v) is 2.37. The summed E-state index contributed by atoms with van der Waals surface area (Å²) < 4.78 is 41.3. The lowest BCUT2D eigenvalue weighted by Crippen LogP contribution is -2.41. The number of nitrogens with zero attached hydrogens (tertiary/aromatic N) is 1. The van der Waals surface area contributed by atoms with Crippen LogP contribution in [0.1, 0.15) is 36.2 Å². The molecule has 9 heteroatoms. The second kappa shape index (κ2) is 6.91. The lowest BCUT2D eigenvalue weighted by molar-refractivity contribution is -0.188. The van der Waals surface area contributed by atoms with Gasteiger partial charge in [0.25, 0.3) is 11.5 Å². The monoisotopic (exact) mass is 319 g/mol. The van der Waals surface area contributed by atoms with Crippen LogP contribution in [0.15, 0.2) is 16.9 Å². The first kappa shape index (κ1) is 16.5. The molecule has 22 heavy (non-hydrogen) atoms. The number of halogens is 3. The van der Waals surface area contributed by atoms with Gasteiger partial charge in [-0.25, -0.2) is 5.10 Å². The maximum Gasteiger partial charge on any atom is 0.411 e. The molecule has 0 radical (unpaired) electrons. The van der Waals surface area contributed by atoms with Crippen LogP contribution in [-0.4, -0.2) is 41.0 Å². The molecule has 0 spiro atoms. The number of carbonyl (C=O) groups excluding carboxylic acids is 1. The van der Waals surface area contributed by atoms with Crippen molar-refractivity contribution in [3.05, 3.63) is 28.2 Å². The molecule has 1 fully saturated rings. The van der Waals surface area contributed by atoms with Crippen LogP contribution in [0.5, 0.6) is 0 Å². The van der Waals surface area contributed by atoms with Gasteiger partial charge in [0.05, 0.1) is 6.10 Å². The summed E-state index contributed by atoms with van der Waals surface area (Å²) >= 11 is 0. The molecule has 1 aliphatic rings. The highest BCUT2D eigenvalue weighted by atomic mass is 19.4. The minimum atomic E-state index is -4.35. The van der Waals surface area contributed by atoms with E-state index < -0.39 is 30.4 Å². The van der Waals surface area contributed by atoms with Crippen molar-refractivity contribution in [2.24, 2.45) is 0 Å². The lowest BCUT2D eigenvalue weighted by Gasteiger charge is -2.29. The number of alkyl halides is 3. The Morgan fingerprint density at radius 2 is 2.18 bits per heavy atom. The van der Waals surface area contributed by atoms with Gasteiger partial charge in [-0.15, -0.1) is 0 Å². The van der Waals surface area contributed by atoms with Crippen molar-refractivity contribution < 1.29 is 22.7 Å². The van der Waals surface area contributed by atoms with Crippen molar-refractivity contribution in [3.8, 4) is 0 Å². The summed E-state index contributed by atoms with van der Waals surface area (Å²) in [5.41, 5.74) is -0.368. The quantitative estimate of drug-likeness (QED) is 0.878. The van der Waals surface area contributed by atoms with Gasteiger partial charge in [-0.05, 0) is 31.7 Å². The van der Waals surface area contributed by atoms with E-state index in [1.165, 1.54) is 12.1 Å². The molecule has 0 bridgehead atoms. The first-order valence-corrected chi connectivity index (χ1v) is 6.88. The smallest absolute Gasteiger partial charge is 0.369 e. The molecule has 1 amide bonds. The Bertz CT molecular complexity index is 553. The van der Waals surface area contributed by atoms with Gasteiger partial charge in [-0.2, -0.15) is 18.3 Å². The van der Waals surface area contributed by atoms with Gasteiger partial charge in [-0.1, -0.05) is 0 Å². The van der Waals surface area contributed by atoms with E-state index in [0.717, 1.165) is 0 Å². The summed E-state index contributed by atoms with van der Waals surface area (Å²) in [5, 5.41) is 8.45. The van der Waals surface area contributed by atoms with Crippen LogP contribution in [0.4, 0.5) is 13.2 Å². The summed E-state index contributed by atoms with van der Waals surface area (Å²) in [5.74, 6) is -0.474. The van der Waals surface area contributed by atoms with E-state index in [4.69, 9.17) is 4.74 Å². The predicted octanol–water partition coefficient (Wildman–Crippen LogP) is 1.39. The van der Waals surface area contributed by atoms with Crippen LogP contribution in [0.2, 0.25) is 0 Å². The van der Waals surface area contributed by atoms with Gasteiger partial charge in [0.1, 0.15) is 12.3 Å². The molecule has 122 valence electrons. The second-order valence-corrected chi connectivity index (χ2v) is 5.19. The maximum absolute atomic E-state index is 12.1. The topological polar surface area (TPSA) is 84.1 Å². The molecular formula is C13H16F3N3O3. The number of aromatic nitrogens is 2. The molecule has 0 aromatic carbocycles. The highest BCUT2D eigenvalue weighted by Gasteiger charge is 2.31. The molecule has 0 aliphatic heterocycles. The van der Waals surface area contributed by atoms with Gasteiger partial charge in [0.2, 0.25) is 0 Å². The third-order valence-corrected chi connectivity index (χ3v) is 3.36. The maximum atomic E-state index is 12.1. The van der Waals surface area contributed by atoms with Crippen LogP contribution in [0.25, 0.3) is 0 Å². The summed E-state index contributed by atoms with van der Waals surface area (Å²) in [6.45, 7) is -1.28. The molecule has 2 rings (SSSR count). The number of rotatable bonds is 4. The Balaban J connectivity index is 1.86. The molecule has 2 unspecified atom stereocenters. The molecule has 2 N–H and O–H groups in total. The zero-order chi connectivity index (χ0) is 16.2. The van der Waals surface area contributed by atoms with Crippen LogP contribution in [0.3, 0.4) is 0 Å². The summed E-state index contributed by atoms with van der Waals surface area (Å²) in [7, 11) is 0. The number of ether oxygens (including phenoxy) is 1. The van der Waals surface area contributed by atoms with Crippen molar-refractivity contribution in [3.63, 3.8) is 0 Å². The number of amides is 1. The fraction of sp³-hybridized carbons (Fsp3) is 0.615. The van der Waals surface area contributed by atoms with E-state index in [1.54, 1.807) is 0 Å². The number of hydrogen-bond acceptors (Lipinski definition) is 4. The van der Waals surface area contributed by atoms with Gasteiger partial charge in [0.15, 0.2) is 0 Å². The third kappa shape index (κ3) is 5.14. The van der Waals surface area contributed by atoms with Crippen LogP contribution in [-0.2, 0) is 4.74 Å². The van der Waals surface area contributed by atoms with E-state index in [-0.39, 0.29) is 11.7 Å². The number of H-pyrrole nitrogens is 1. The van der Waals surface area contributed by atoms with Gasteiger partial charge in [-0.3, -0.25) is 9.59 Å². The molecule has 6 nitrogen and oxygen atoms in total. The van der Waals surface area contributed by atoms with Gasteiger partial charge < -0.3 is 10.1 Å². The average molecular weight is 319 g/mol. The Hall–Kier alpha value is -1.90. The molecule has 1 heterocycles. The second-order valence-electron chi connectivity index (χ2n) is 5.19. The number of aromatic amines is 1. The van der Waals surface area contributed by atoms with Gasteiger partial charge in [0, 0.05) is 12.1 Å². The Kier molecular flexibility index (Phi) is 5.17. The molecule has 1 saturated carbocycles. The highest BCUT2D eigenvalue weighted by molar-refractivity contribution is 5.92.